The van der Waals surface area contributed by atoms with E-state index >= 15 is 0 Å². The fourth-order valence-corrected chi connectivity index (χ4v) is 6.49. The number of hydrogen-bond acceptors (Lipinski definition) is 3. The van der Waals surface area contributed by atoms with E-state index in [1.54, 1.807) is 0 Å². The lowest BCUT2D eigenvalue weighted by Gasteiger charge is -2.33. The minimum absolute atomic E-state index is 0.150. The van der Waals surface area contributed by atoms with Gasteiger partial charge in [0.05, 0.1) is 22.4 Å². The summed E-state index contributed by atoms with van der Waals surface area (Å²) in [4.78, 5) is 9.28. The predicted octanol–water partition coefficient (Wildman–Crippen LogP) is 7.90. The summed E-state index contributed by atoms with van der Waals surface area (Å²) in [6.45, 7) is 6.41. The maximum absolute atomic E-state index is 6.95. The first-order chi connectivity index (χ1) is 18.9. The van der Waals surface area contributed by atoms with Gasteiger partial charge in [-0.25, -0.2) is 0 Å². The summed E-state index contributed by atoms with van der Waals surface area (Å²) in [6, 6.07) is 22.3. The third-order valence-corrected chi connectivity index (χ3v) is 8.98. The van der Waals surface area contributed by atoms with Crippen LogP contribution in [-0.2, 0) is 0 Å². The van der Waals surface area contributed by atoms with E-state index in [0.29, 0.717) is 5.11 Å². The molecule has 0 saturated carbocycles. The number of pyridine rings is 1. The van der Waals surface area contributed by atoms with Gasteiger partial charge in [0.15, 0.2) is 5.11 Å². The molecule has 0 amide bonds. The molecule has 0 radical (unpaired) electrons. The largest absolute Gasteiger partial charge is 0.370 e. The Morgan fingerprint density at radius 3 is 2.44 bits per heavy atom. The Morgan fingerprint density at radius 2 is 1.72 bits per heavy atom. The molecular formula is C31H31Cl2N5S. The first-order valence-corrected chi connectivity index (χ1v) is 14.6. The van der Waals surface area contributed by atoms with Crippen molar-refractivity contribution < 1.29 is 0 Å². The topological polar surface area (TPSA) is 36.3 Å². The molecule has 39 heavy (non-hydrogen) atoms. The van der Waals surface area contributed by atoms with Crippen molar-refractivity contribution in [3.8, 4) is 5.69 Å². The van der Waals surface area contributed by atoms with Crippen LogP contribution >= 0.6 is 35.4 Å². The Kier molecular flexibility index (Phi) is 7.27. The first-order valence-electron chi connectivity index (χ1n) is 13.4. The average molecular weight is 577 g/mol. The predicted molar refractivity (Wildman–Crippen MR) is 166 cm³/mol. The van der Waals surface area contributed by atoms with Crippen LogP contribution in [-0.4, -0.2) is 27.8 Å². The van der Waals surface area contributed by atoms with Crippen molar-refractivity contribution in [2.45, 2.75) is 38.8 Å². The van der Waals surface area contributed by atoms with Crippen molar-refractivity contribution in [1.29, 1.82) is 0 Å². The molecule has 1 N–H and O–H groups in total. The molecule has 2 saturated heterocycles. The summed E-state index contributed by atoms with van der Waals surface area (Å²) in [5.41, 5.74) is 6.13. The zero-order chi connectivity index (χ0) is 27.1. The van der Waals surface area contributed by atoms with Crippen molar-refractivity contribution in [2.75, 3.05) is 22.9 Å². The lowest BCUT2D eigenvalue weighted by Crippen LogP contribution is -2.33. The summed E-state index contributed by atoms with van der Waals surface area (Å²) in [5, 5.41) is 5.71. The van der Waals surface area contributed by atoms with Gasteiger partial charge in [-0.1, -0.05) is 36.2 Å². The SMILES string of the molecule is Cc1cc(-n2cccc2[C@H]2[C@H](c3ccccn3)NC(=S)N2c2ccc(N3CCC(C)CC3)c(Cl)c2)ccc1Cl. The van der Waals surface area contributed by atoms with Crippen molar-refractivity contribution in [3.05, 3.63) is 106 Å². The maximum atomic E-state index is 6.95. The second-order valence-electron chi connectivity index (χ2n) is 10.5. The highest BCUT2D eigenvalue weighted by Gasteiger charge is 2.42. The summed E-state index contributed by atoms with van der Waals surface area (Å²) in [5.74, 6) is 0.761. The molecule has 0 spiro atoms. The van der Waals surface area contributed by atoms with Gasteiger partial charge in [0.1, 0.15) is 6.04 Å². The highest BCUT2D eigenvalue weighted by atomic mass is 35.5. The van der Waals surface area contributed by atoms with E-state index in [1.807, 2.05) is 43.5 Å². The summed E-state index contributed by atoms with van der Waals surface area (Å²) < 4.78 is 2.21. The van der Waals surface area contributed by atoms with E-state index in [0.717, 1.165) is 63.1 Å². The second-order valence-corrected chi connectivity index (χ2v) is 11.7. The molecule has 0 aliphatic carbocycles. The van der Waals surface area contributed by atoms with E-state index in [4.69, 9.17) is 40.4 Å². The molecule has 4 heterocycles. The molecule has 2 atom stereocenters. The van der Waals surface area contributed by atoms with Gasteiger partial charge in [-0.15, -0.1) is 0 Å². The Morgan fingerprint density at radius 1 is 0.923 bits per heavy atom. The lowest BCUT2D eigenvalue weighted by atomic mass is 9.98. The number of thiocarbonyl (C=S) groups is 1. The van der Waals surface area contributed by atoms with Gasteiger partial charge in [0.2, 0.25) is 0 Å². The highest BCUT2D eigenvalue weighted by molar-refractivity contribution is 7.80. The third kappa shape index (κ3) is 5.02. The monoisotopic (exact) mass is 575 g/mol. The number of nitrogens with zero attached hydrogens (tertiary/aromatic N) is 4. The number of anilines is 2. The minimum atomic E-state index is -0.156. The van der Waals surface area contributed by atoms with E-state index in [1.165, 1.54) is 12.8 Å². The van der Waals surface area contributed by atoms with E-state index in [-0.39, 0.29) is 12.1 Å². The Hall–Kier alpha value is -3.06. The Balaban J connectivity index is 1.43. The van der Waals surface area contributed by atoms with Crippen LogP contribution in [0.1, 0.15) is 48.8 Å². The standard InChI is InChI=1S/C31H31Cl2N5S/c1-20-12-16-36(17-13-20)27-11-9-23(19-25(27)33)38-30(29(35-31(38)39)26-6-3-4-14-34-26)28-7-5-15-37(28)22-8-10-24(32)21(2)18-22/h3-11,14-15,18-20,29-30H,12-13,16-17H2,1-2H3,(H,35,39)/t29-,30-/m0/s1. The molecular weight excluding hydrogens is 545 g/mol. The number of benzene rings is 2. The Labute approximate surface area is 245 Å². The smallest absolute Gasteiger partial charge is 0.174 e. The summed E-state index contributed by atoms with van der Waals surface area (Å²) in [7, 11) is 0. The quantitative estimate of drug-likeness (QED) is 0.245. The highest BCUT2D eigenvalue weighted by Crippen LogP contribution is 2.44. The number of aromatic nitrogens is 2. The molecule has 5 nitrogen and oxygen atoms in total. The third-order valence-electron chi connectivity index (χ3n) is 7.93. The number of aryl methyl sites for hydroxylation is 1. The van der Waals surface area contributed by atoms with Gasteiger partial charge in [-0.05, 0) is 104 Å². The number of piperidine rings is 1. The second kappa shape index (κ2) is 10.8. The van der Waals surface area contributed by atoms with Crippen LogP contribution in [0.2, 0.25) is 10.0 Å². The average Bonchev–Trinajstić information content (AvgIpc) is 3.55. The van der Waals surface area contributed by atoms with E-state index < -0.39 is 0 Å². The van der Waals surface area contributed by atoms with Gasteiger partial charge in [-0.2, -0.15) is 0 Å². The molecule has 8 heteroatoms. The van der Waals surface area contributed by atoms with Crippen LogP contribution in [0, 0.1) is 12.8 Å². The maximum Gasteiger partial charge on any atom is 0.174 e. The zero-order valence-electron chi connectivity index (χ0n) is 22.0. The normalized spacial score (nSPS) is 19.9. The molecule has 2 fully saturated rings. The number of rotatable bonds is 5. The van der Waals surface area contributed by atoms with Crippen LogP contribution in [0.25, 0.3) is 5.69 Å². The van der Waals surface area contributed by atoms with Crippen LogP contribution in [0.5, 0.6) is 0 Å². The molecule has 4 aromatic rings. The number of nitrogens with one attached hydrogen (secondary N) is 1. The number of hydrogen-bond donors (Lipinski definition) is 1. The van der Waals surface area contributed by atoms with Gasteiger partial charge in [-0.3, -0.25) is 4.98 Å². The summed E-state index contributed by atoms with van der Waals surface area (Å²) in [6.07, 6.45) is 6.29. The molecule has 6 rings (SSSR count). The van der Waals surface area contributed by atoms with Crippen molar-refractivity contribution in [1.82, 2.24) is 14.9 Å². The van der Waals surface area contributed by atoms with Crippen LogP contribution in [0.4, 0.5) is 11.4 Å². The van der Waals surface area contributed by atoms with Crippen molar-refractivity contribution in [2.24, 2.45) is 5.92 Å². The molecule has 0 bridgehead atoms. The van der Waals surface area contributed by atoms with Gasteiger partial charge < -0.3 is 19.7 Å². The van der Waals surface area contributed by atoms with Crippen molar-refractivity contribution in [3.63, 3.8) is 0 Å². The Bertz CT molecular complexity index is 1500. The van der Waals surface area contributed by atoms with Crippen LogP contribution in [0.3, 0.4) is 0 Å². The van der Waals surface area contributed by atoms with Gasteiger partial charge >= 0.3 is 0 Å². The van der Waals surface area contributed by atoms with Gasteiger partial charge in [0, 0.05) is 47.6 Å². The minimum Gasteiger partial charge on any atom is -0.370 e. The molecule has 200 valence electrons. The van der Waals surface area contributed by atoms with Crippen molar-refractivity contribution >= 4 is 51.9 Å². The van der Waals surface area contributed by atoms with Crippen LogP contribution < -0.4 is 15.1 Å². The zero-order valence-corrected chi connectivity index (χ0v) is 24.3. The molecule has 2 aromatic carbocycles. The molecule has 0 unspecified atom stereocenters. The van der Waals surface area contributed by atoms with Crippen LogP contribution in [0.15, 0.2) is 79.1 Å². The van der Waals surface area contributed by atoms with E-state index in [9.17, 15) is 0 Å². The molecule has 2 aromatic heterocycles. The molecule has 2 aliphatic rings. The first kappa shape index (κ1) is 26.2. The fourth-order valence-electron chi connectivity index (χ4n) is 5.73. The van der Waals surface area contributed by atoms with E-state index in [2.05, 4.69) is 69.2 Å². The lowest BCUT2D eigenvalue weighted by molar-refractivity contribution is 0.438. The fraction of sp³-hybridized carbons (Fsp3) is 0.290. The van der Waals surface area contributed by atoms with Gasteiger partial charge in [0.25, 0.3) is 0 Å². The molecule has 2 aliphatic heterocycles. The number of halogens is 2. The summed E-state index contributed by atoms with van der Waals surface area (Å²) >= 11 is 19.3.